The van der Waals surface area contributed by atoms with E-state index in [1.54, 1.807) is 17.9 Å². The van der Waals surface area contributed by atoms with Gasteiger partial charge in [0.2, 0.25) is 6.20 Å². The van der Waals surface area contributed by atoms with Gasteiger partial charge in [-0.05, 0) is 5.56 Å². The lowest BCUT2D eigenvalue weighted by molar-refractivity contribution is -0.739. The molecule has 3 rings (SSSR count). The summed E-state index contributed by atoms with van der Waals surface area (Å²) in [5, 5.41) is 2.61. The topological polar surface area (TPSA) is 70.2 Å². The summed E-state index contributed by atoms with van der Waals surface area (Å²) < 4.78 is 2.96. The Bertz CT molecular complexity index is 977. The smallest absolute Gasteiger partial charge is 0.310 e. The van der Waals surface area contributed by atoms with Gasteiger partial charge >= 0.3 is 5.56 Å². The number of terminal acetylenes is 1. The predicted octanol–water partition coefficient (Wildman–Crippen LogP) is 0.482. The third kappa shape index (κ3) is 2.60. The van der Waals surface area contributed by atoms with Crippen molar-refractivity contribution in [1.29, 1.82) is 0 Å². The fourth-order valence-electron chi connectivity index (χ4n) is 2.48. The van der Waals surface area contributed by atoms with Crippen LogP contribution in [0.3, 0.4) is 0 Å². The molecule has 0 saturated carbocycles. The first kappa shape index (κ1) is 14.6. The van der Waals surface area contributed by atoms with Crippen LogP contribution in [0.15, 0.2) is 47.4 Å². The number of rotatable bonds is 3. The van der Waals surface area contributed by atoms with Crippen molar-refractivity contribution in [2.24, 2.45) is 7.05 Å². The molecule has 0 aliphatic carbocycles. The van der Waals surface area contributed by atoms with Crippen molar-refractivity contribution in [2.75, 3.05) is 6.54 Å². The normalized spacial score (nSPS) is 10.4. The average Bonchev–Trinajstić information content (AvgIpc) is 2.91. The minimum atomic E-state index is -0.332. The summed E-state index contributed by atoms with van der Waals surface area (Å²) in [5.41, 5.74) is 2.07. The first-order chi connectivity index (χ1) is 11.1. The quantitative estimate of drug-likeness (QED) is 0.546. The molecule has 1 amide bonds. The average molecular weight is 307 g/mol. The third-order valence-corrected chi connectivity index (χ3v) is 3.51. The molecule has 2 heterocycles. The Morgan fingerprint density at radius 2 is 2.13 bits per heavy atom. The highest BCUT2D eigenvalue weighted by atomic mass is 16.2. The van der Waals surface area contributed by atoms with Crippen molar-refractivity contribution in [3.05, 3.63) is 58.5 Å². The van der Waals surface area contributed by atoms with Crippen LogP contribution in [0.1, 0.15) is 10.4 Å². The molecule has 0 aliphatic rings. The van der Waals surface area contributed by atoms with Crippen molar-refractivity contribution < 1.29 is 9.48 Å². The zero-order valence-electron chi connectivity index (χ0n) is 12.5. The second kappa shape index (κ2) is 5.81. The van der Waals surface area contributed by atoms with E-state index in [0.717, 1.165) is 5.56 Å². The molecule has 2 aromatic heterocycles. The SMILES string of the molecule is C#CCNC(=O)c1c[n+](C)n2c(=O)cc(-c3ccccc3)[nH]c12. The summed E-state index contributed by atoms with van der Waals surface area (Å²) in [7, 11) is 1.70. The Labute approximate surface area is 132 Å². The Hall–Kier alpha value is -3.33. The van der Waals surface area contributed by atoms with Gasteiger partial charge in [0.05, 0.1) is 12.2 Å². The van der Waals surface area contributed by atoms with Crippen LogP contribution in [0.5, 0.6) is 0 Å². The number of aryl methyl sites for hydroxylation is 1. The van der Waals surface area contributed by atoms with Crippen molar-refractivity contribution in [3.63, 3.8) is 0 Å². The molecular weight excluding hydrogens is 292 g/mol. The molecule has 1 aromatic carbocycles. The number of aromatic nitrogens is 3. The van der Waals surface area contributed by atoms with Gasteiger partial charge in [0.15, 0.2) is 18.3 Å². The third-order valence-electron chi connectivity index (χ3n) is 3.51. The monoisotopic (exact) mass is 307 g/mol. The summed E-state index contributed by atoms with van der Waals surface area (Å²) in [6, 6.07) is 11.0. The van der Waals surface area contributed by atoms with Crippen molar-refractivity contribution in [1.82, 2.24) is 14.8 Å². The van der Waals surface area contributed by atoms with E-state index in [4.69, 9.17) is 6.42 Å². The molecular formula is C17H15N4O2+. The van der Waals surface area contributed by atoms with E-state index in [2.05, 4.69) is 16.2 Å². The maximum absolute atomic E-state index is 12.4. The Morgan fingerprint density at radius 3 is 2.83 bits per heavy atom. The van der Waals surface area contributed by atoms with Gasteiger partial charge in [0.25, 0.3) is 5.91 Å². The van der Waals surface area contributed by atoms with Gasteiger partial charge in [-0.2, -0.15) is 0 Å². The zero-order valence-corrected chi connectivity index (χ0v) is 12.5. The van der Waals surface area contributed by atoms with Crippen LogP contribution in [0, 0.1) is 12.3 Å². The molecule has 0 aliphatic heterocycles. The molecule has 23 heavy (non-hydrogen) atoms. The van der Waals surface area contributed by atoms with Gasteiger partial charge in [-0.25, -0.2) is 0 Å². The van der Waals surface area contributed by atoms with Gasteiger partial charge in [-0.15, -0.1) is 11.1 Å². The first-order valence-corrected chi connectivity index (χ1v) is 7.03. The molecule has 0 saturated heterocycles. The van der Waals surface area contributed by atoms with Gasteiger partial charge in [0, 0.05) is 6.07 Å². The van der Waals surface area contributed by atoms with Crippen LogP contribution >= 0.6 is 0 Å². The van der Waals surface area contributed by atoms with Crippen LogP contribution in [0.2, 0.25) is 0 Å². The number of carbonyl (C=O) groups excluding carboxylic acids is 1. The van der Waals surface area contributed by atoms with Gasteiger partial charge in [-0.1, -0.05) is 40.8 Å². The number of fused-ring (bicyclic) bond motifs is 1. The largest absolute Gasteiger partial charge is 0.341 e. The van der Waals surface area contributed by atoms with E-state index in [0.29, 0.717) is 16.9 Å². The highest BCUT2D eigenvalue weighted by molar-refractivity contribution is 5.99. The van der Waals surface area contributed by atoms with E-state index in [1.165, 1.54) is 10.6 Å². The lowest BCUT2D eigenvalue weighted by Gasteiger charge is -2.03. The summed E-state index contributed by atoms with van der Waals surface area (Å²) in [4.78, 5) is 27.8. The van der Waals surface area contributed by atoms with Crippen LogP contribution < -0.4 is 15.6 Å². The number of amides is 1. The number of benzene rings is 1. The molecule has 0 radical (unpaired) electrons. The van der Waals surface area contributed by atoms with Crippen molar-refractivity contribution in [3.8, 4) is 23.6 Å². The molecule has 0 bridgehead atoms. The molecule has 3 aromatic rings. The lowest BCUT2D eigenvalue weighted by atomic mass is 10.1. The summed E-state index contributed by atoms with van der Waals surface area (Å²) in [6.07, 6.45) is 6.76. The summed E-state index contributed by atoms with van der Waals surface area (Å²) >= 11 is 0. The Kier molecular flexibility index (Phi) is 3.69. The van der Waals surface area contributed by atoms with Gasteiger partial charge < -0.3 is 10.3 Å². The number of aromatic amines is 1. The molecule has 6 nitrogen and oxygen atoms in total. The lowest BCUT2D eigenvalue weighted by Crippen LogP contribution is -2.40. The number of H-pyrrole nitrogens is 1. The summed E-state index contributed by atoms with van der Waals surface area (Å²) in [5.74, 6) is 2.02. The zero-order chi connectivity index (χ0) is 16.4. The predicted molar refractivity (Wildman–Crippen MR) is 85.8 cm³/mol. The molecule has 114 valence electrons. The van der Waals surface area contributed by atoms with E-state index >= 15 is 0 Å². The number of nitrogens with zero attached hydrogens (tertiary/aromatic N) is 2. The van der Waals surface area contributed by atoms with Gasteiger partial charge in [-0.3, -0.25) is 9.59 Å². The molecule has 0 spiro atoms. The molecule has 2 N–H and O–H groups in total. The van der Waals surface area contributed by atoms with E-state index in [-0.39, 0.29) is 18.0 Å². The Morgan fingerprint density at radius 1 is 1.39 bits per heavy atom. The molecule has 0 fully saturated rings. The Balaban J connectivity index is 2.20. The molecule has 0 atom stereocenters. The number of carbonyl (C=O) groups is 1. The van der Waals surface area contributed by atoms with Crippen LogP contribution in [-0.4, -0.2) is 22.0 Å². The highest BCUT2D eigenvalue weighted by Crippen LogP contribution is 2.16. The van der Waals surface area contributed by atoms with Crippen molar-refractivity contribution in [2.45, 2.75) is 0 Å². The maximum Gasteiger partial charge on any atom is 0.310 e. The van der Waals surface area contributed by atoms with Crippen molar-refractivity contribution >= 4 is 11.6 Å². The molecule has 6 heteroatoms. The minimum Gasteiger partial charge on any atom is -0.341 e. The minimum absolute atomic E-state index is 0.127. The number of hydrogen-bond acceptors (Lipinski definition) is 2. The number of hydrogen-bond donors (Lipinski definition) is 2. The maximum atomic E-state index is 12.4. The van der Waals surface area contributed by atoms with Gasteiger partial charge in [0.1, 0.15) is 0 Å². The fourth-order valence-corrected chi connectivity index (χ4v) is 2.48. The standard InChI is InChI=1S/C17H14N4O2/c1-3-9-18-17(23)13-11-20(2)21-15(22)10-14(19-16(13)21)12-7-5-4-6-8-12/h1,4-8,10-11H,9H2,2H3,(H,18,23)/p+1. The number of nitrogens with one attached hydrogen (secondary N) is 2. The second-order valence-corrected chi connectivity index (χ2v) is 5.05. The first-order valence-electron chi connectivity index (χ1n) is 7.03. The van der Waals surface area contributed by atoms with E-state index in [9.17, 15) is 9.59 Å². The van der Waals surface area contributed by atoms with E-state index < -0.39 is 0 Å². The fraction of sp³-hybridized carbons (Fsp3) is 0.118. The van der Waals surface area contributed by atoms with E-state index in [1.807, 2.05) is 30.3 Å². The van der Waals surface area contributed by atoms with Crippen LogP contribution in [0.4, 0.5) is 0 Å². The highest BCUT2D eigenvalue weighted by Gasteiger charge is 2.22. The summed E-state index contributed by atoms with van der Waals surface area (Å²) in [6.45, 7) is 0.127. The molecule has 0 unspecified atom stereocenters. The second-order valence-electron chi connectivity index (χ2n) is 5.05. The van der Waals surface area contributed by atoms with Crippen LogP contribution in [-0.2, 0) is 7.05 Å². The van der Waals surface area contributed by atoms with Crippen LogP contribution in [0.25, 0.3) is 16.9 Å².